The molecule has 0 saturated heterocycles. The van der Waals surface area contributed by atoms with Crippen molar-refractivity contribution in [3.8, 4) is 11.6 Å². The van der Waals surface area contributed by atoms with Crippen LogP contribution in [0.5, 0.6) is 11.6 Å². The molecule has 1 heterocycles. The van der Waals surface area contributed by atoms with E-state index in [1.54, 1.807) is 0 Å². The highest BCUT2D eigenvalue weighted by Gasteiger charge is 2.17. The van der Waals surface area contributed by atoms with Crippen molar-refractivity contribution in [1.29, 1.82) is 0 Å². The molecule has 3 aromatic rings. The van der Waals surface area contributed by atoms with Crippen molar-refractivity contribution in [1.82, 2.24) is 4.98 Å². The summed E-state index contributed by atoms with van der Waals surface area (Å²) in [6.07, 6.45) is 1.14. The lowest BCUT2D eigenvalue weighted by Crippen LogP contribution is -2.15. The number of hydrogen-bond acceptors (Lipinski definition) is 3. The van der Waals surface area contributed by atoms with E-state index in [-0.39, 0.29) is 17.3 Å². The third-order valence-electron chi connectivity index (χ3n) is 3.29. The minimum atomic E-state index is -1.00. The van der Waals surface area contributed by atoms with Gasteiger partial charge in [-0.25, -0.2) is 22.5 Å². The highest BCUT2D eigenvalue weighted by molar-refractivity contribution is 6.04. The molecular formula is C18H10F4N2O2. The van der Waals surface area contributed by atoms with Crippen LogP contribution in [0.2, 0.25) is 0 Å². The van der Waals surface area contributed by atoms with Crippen LogP contribution in [-0.4, -0.2) is 10.9 Å². The van der Waals surface area contributed by atoms with E-state index in [9.17, 15) is 22.4 Å². The standard InChI is InChI=1S/C18H10F4N2O2/c19-10-4-6-12(20)15(8-10)26-16-7-5-11(9-23-16)24-18(25)17-13(21)2-1-3-14(17)22/h1-9H,(H,24,25). The second-order valence-corrected chi connectivity index (χ2v) is 5.11. The van der Waals surface area contributed by atoms with Crippen molar-refractivity contribution < 1.29 is 27.1 Å². The lowest BCUT2D eigenvalue weighted by molar-refractivity contribution is 0.101. The maximum Gasteiger partial charge on any atom is 0.261 e. The van der Waals surface area contributed by atoms with E-state index in [4.69, 9.17) is 4.74 Å². The van der Waals surface area contributed by atoms with Gasteiger partial charge in [0.05, 0.1) is 11.9 Å². The molecule has 0 spiro atoms. The van der Waals surface area contributed by atoms with Gasteiger partial charge < -0.3 is 10.1 Å². The van der Waals surface area contributed by atoms with E-state index in [0.29, 0.717) is 0 Å². The highest BCUT2D eigenvalue weighted by atomic mass is 19.1. The lowest BCUT2D eigenvalue weighted by atomic mass is 10.2. The summed E-state index contributed by atoms with van der Waals surface area (Å²) in [4.78, 5) is 15.8. The summed E-state index contributed by atoms with van der Waals surface area (Å²) in [7, 11) is 0. The van der Waals surface area contributed by atoms with E-state index in [1.807, 2.05) is 0 Å². The van der Waals surface area contributed by atoms with Crippen LogP contribution in [0.15, 0.2) is 54.7 Å². The molecule has 0 aliphatic carbocycles. The molecule has 3 rings (SSSR count). The second kappa shape index (κ2) is 7.22. The van der Waals surface area contributed by atoms with E-state index in [2.05, 4.69) is 10.3 Å². The first-order chi connectivity index (χ1) is 12.4. The van der Waals surface area contributed by atoms with Crippen LogP contribution in [0.25, 0.3) is 0 Å². The molecule has 0 unspecified atom stereocenters. The van der Waals surface area contributed by atoms with Gasteiger partial charge >= 0.3 is 0 Å². The van der Waals surface area contributed by atoms with Crippen LogP contribution >= 0.6 is 0 Å². The number of nitrogens with zero attached hydrogens (tertiary/aromatic N) is 1. The number of anilines is 1. The molecule has 1 aromatic heterocycles. The largest absolute Gasteiger partial charge is 0.436 e. The number of aromatic nitrogens is 1. The minimum Gasteiger partial charge on any atom is -0.436 e. The Labute approximate surface area is 145 Å². The number of carbonyl (C=O) groups is 1. The van der Waals surface area contributed by atoms with Gasteiger partial charge in [0.25, 0.3) is 5.91 Å². The molecule has 132 valence electrons. The average Bonchev–Trinajstić information content (AvgIpc) is 2.60. The number of amides is 1. The number of benzene rings is 2. The van der Waals surface area contributed by atoms with Gasteiger partial charge in [0, 0.05) is 12.1 Å². The number of carbonyl (C=O) groups excluding carboxylic acids is 1. The summed E-state index contributed by atoms with van der Waals surface area (Å²) in [5, 5.41) is 2.28. The number of ether oxygens (including phenoxy) is 1. The Bertz CT molecular complexity index is 942. The van der Waals surface area contributed by atoms with Crippen LogP contribution in [0, 0.1) is 23.3 Å². The van der Waals surface area contributed by atoms with Crippen LogP contribution in [0.1, 0.15) is 10.4 Å². The van der Waals surface area contributed by atoms with Crippen LogP contribution in [-0.2, 0) is 0 Å². The summed E-state index contributed by atoms with van der Waals surface area (Å²) in [6, 6.07) is 8.36. The number of halogens is 4. The fourth-order valence-corrected chi connectivity index (χ4v) is 2.09. The molecule has 8 heteroatoms. The van der Waals surface area contributed by atoms with Gasteiger partial charge in [-0.15, -0.1) is 0 Å². The third kappa shape index (κ3) is 3.80. The maximum atomic E-state index is 13.6. The van der Waals surface area contributed by atoms with Gasteiger partial charge in [0.2, 0.25) is 5.88 Å². The number of hydrogen-bond donors (Lipinski definition) is 1. The van der Waals surface area contributed by atoms with Gasteiger partial charge in [-0.3, -0.25) is 4.79 Å². The van der Waals surface area contributed by atoms with E-state index in [1.165, 1.54) is 12.1 Å². The summed E-state index contributed by atoms with van der Waals surface area (Å²) in [5.41, 5.74) is -0.598. The molecule has 0 aliphatic heterocycles. The predicted molar refractivity (Wildman–Crippen MR) is 85.0 cm³/mol. The van der Waals surface area contributed by atoms with Crippen molar-refractivity contribution >= 4 is 11.6 Å². The molecule has 1 amide bonds. The number of rotatable bonds is 4. The van der Waals surface area contributed by atoms with Crippen LogP contribution in [0.3, 0.4) is 0 Å². The molecule has 0 fully saturated rings. The van der Waals surface area contributed by atoms with Crippen molar-refractivity contribution in [2.24, 2.45) is 0 Å². The Balaban J connectivity index is 1.74. The van der Waals surface area contributed by atoms with Crippen molar-refractivity contribution in [2.75, 3.05) is 5.32 Å². The monoisotopic (exact) mass is 362 g/mol. The predicted octanol–water partition coefficient (Wildman–Crippen LogP) is 4.68. The zero-order valence-electron chi connectivity index (χ0n) is 13.0. The SMILES string of the molecule is O=C(Nc1ccc(Oc2cc(F)ccc2F)nc1)c1c(F)cccc1F. The Kier molecular flexibility index (Phi) is 4.83. The first-order valence-electron chi connectivity index (χ1n) is 7.28. The fraction of sp³-hybridized carbons (Fsp3) is 0. The topological polar surface area (TPSA) is 51.2 Å². The minimum absolute atomic E-state index is 0.0652. The zero-order valence-corrected chi connectivity index (χ0v) is 13.0. The summed E-state index contributed by atoms with van der Waals surface area (Å²) >= 11 is 0. The Morgan fingerprint density at radius 2 is 1.65 bits per heavy atom. The lowest BCUT2D eigenvalue weighted by Gasteiger charge is -2.09. The Morgan fingerprint density at radius 3 is 2.31 bits per heavy atom. The van der Waals surface area contributed by atoms with Crippen LogP contribution in [0.4, 0.5) is 23.2 Å². The highest BCUT2D eigenvalue weighted by Crippen LogP contribution is 2.24. The van der Waals surface area contributed by atoms with Crippen LogP contribution < -0.4 is 10.1 Å². The quantitative estimate of drug-likeness (QED) is 0.686. The van der Waals surface area contributed by atoms with Crippen molar-refractivity contribution in [3.05, 3.63) is 83.6 Å². The molecule has 1 N–H and O–H groups in total. The molecule has 0 aliphatic rings. The van der Waals surface area contributed by atoms with Gasteiger partial charge in [0.15, 0.2) is 11.6 Å². The first-order valence-corrected chi connectivity index (χ1v) is 7.28. The normalized spacial score (nSPS) is 10.5. The summed E-state index contributed by atoms with van der Waals surface area (Å²) < 4.78 is 58.9. The van der Waals surface area contributed by atoms with E-state index < -0.39 is 34.7 Å². The molecule has 26 heavy (non-hydrogen) atoms. The molecule has 0 atom stereocenters. The number of nitrogens with one attached hydrogen (secondary N) is 1. The maximum absolute atomic E-state index is 13.6. The van der Waals surface area contributed by atoms with E-state index in [0.717, 1.165) is 42.6 Å². The molecule has 0 radical (unpaired) electrons. The Hall–Kier alpha value is -3.42. The van der Waals surface area contributed by atoms with Gasteiger partial charge in [-0.05, 0) is 30.3 Å². The van der Waals surface area contributed by atoms with Crippen molar-refractivity contribution in [2.45, 2.75) is 0 Å². The average molecular weight is 362 g/mol. The third-order valence-corrected chi connectivity index (χ3v) is 3.29. The van der Waals surface area contributed by atoms with Gasteiger partial charge in [-0.2, -0.15) is 0 Å². The van der Waals surface area contributed by atoms with Gasteiger partial charge in [0.1, 0.15) is 23.0 Å². The second-order valence-electron chi connectivity index (χ2n) is 5.11. The molecule has 0 saturated carbocycles. The molecular weight excluding hydrogens is 352 g/mol. The van der Waals surface area contributed by atoms with E-state index >= 15 is 0 Å². The summed E-state index contributed by atoms with van der Waals surface area (Å²) in [5.74, 6) is -4.88. The molecule has 0 bridgehead atoms. The smallest absolute Gasteiger partial charge is 0.261 e. The first kappa shape index (κ1) is 17.4. The molecule has 2 aromatic carbocycles. The Morgan fingerprint density at radius 1 is 0.923 bits per heavy atom. The van der Waals surface area contributed by atoms with Crippen molar-refractivity contribution in [3.63, 3.8) is 0 Å². The number of pyridine rings is 1. The van der Waals surface area contributed by atoms with Gasteiger partial charge in [-0.1, -0.05) is 6.07 Å². The fourth-order valence-electron chi connectivity index (χ4n) is 2.09. The summed E-state index contributed by atoms with van der Waals surface area (Å²) in [6.45, 7) is 0. The molecule has 4 nitrogen and oxygen atoms in total. The zero-order chi connectivity index (χ0) is 18.7.